The summed E-state index contributed by atoms with van der Waals surface area (Å²) in [5.41, 5.74) is 0. The Hall–Kier alpha value is -0.480. The Labute approximate surface area is 88.7 Å². The third-order valence-electron chi connectivity index (χ3n) is 3.21. The van der Waals surface area contributed by atoms with Gasteiger partial charge >= 0.3 is 0 Å². The Morgan fingerprint density at radius 1 is 1.50 bits per heavy atom. The fraction of sp³-hybridized carbons (Fsp3) is 0.846. The van der Waals surface area contributed by atoms with E-state index in [2.05, 4.69) is 18.2 Å². The lowest BCUT2D eigenvalue weighted by Gasteiger charge is -2.34. The zero-order valence-electron chi connectivity index (χ0n) is 9.39. The van der Waals surface area contributed by atoms with Crippen LogP contribution in [-0.2, 0) is 0 Å². The minimum Gasteiger partial charge on any atom is -0.314 e. The molecule has 0 aromatic rings. The van der Waals surface area contributed by atoms with E-state index in [1.165, 1.54) is 38.5 Å². The molecule has 1 N–H and O–H groups in total. The quantitative estimate of drug-likeness (QED) is 0.484. The van der Waals surface area contributed by atoms with Crippen LogP contribution in [0.25, 0.3) is 0 Å². The summed E-state index contributed by atoms with van der Waals surface area (Å²) < 4.78 is 0. The molecule has 1 unspecified atom stereocenters. The normalized spacial score (nSPS) is 18.6. The molecule has 80 valence electrons. The summed E-state index contributed by atoms with van der Waals surface area (Å²) in [6.07, 6.45) is 14.2. The first-order valence-corrected chi connectivity index (χ1v) is 6.05. The monoisotopic (exact) mass is 193 g/mol. The van der Waals surface area contributed by atoms with Crippen molar-refractivity contribution in [2.75, 3.05) is 6.54 Å². The Bertz CT molecular complexity index is 176. The molecule has 0 aromatic heterocycles. The van der Waals surface area contributed by atoms with E-state index in [0.29, 0.717) is 0 Å². The highest BCUT2D eigenvalue weighted by Crippen LogP contribution is 2.31. The van der Waals surface area contributed by atoms with Crippen molar-refractivity contribution < 1.29 is 0 Å². The highest BCUT2D eigenvalue weighted by molar-refractivity contribution is 4.86. The van der Waals surface area contributed by atoms with Crippen LogP contribution >= 0.6 is 0 Å². The summed E-state index contributed by atoms with van der Waals surface area (Å²) in [5.74, 6) is 3.67. The molecule has 14 heavy (non-hydrogen) atoms. The molecule has 0 spiro atoms. The van der Waals surface area contributed by atoms with E-state index >= 15 is 0 Å². The average molecular weight is 193 g/mol. The molecule has 0 aliphatic heterocycles. The number of unbranched alkanes of at least 4 members (excludes halogenated alkanes) is 1. The minimum atomic E-state index is 0.747. The second kappa shape index (κ2) is 6.90. The van der Waals surface area contributed by atoms with Crippen molar-refractivity contribution in [3.05, 3.63) is 0 Å². The van der Waals surface area contributed by atoms with Crippen LogP contribution < -0.4 is 5.32 Å². The Morgan fingerprint density at radius 3 is 2.79 bits per heavy atom. The smallest absolute Gasteiger partial charge is 0.00956 e. The summed E-state index contributed by atoms with van der Waals surface area (Å²) in [5, 5.41) is 3.66. The largest absolute Gasteiger partial charge is 0.314 e. The van der Waals surface area contributed by atoms with Gasteiger partial charge in [0.2, 0.25) is 0 Å². The molecule has 1 heteroatoms. The van der Waals surface area contributed by atoms with Gasteiger partial charge in [0.05, 0.1) is 0 Å². The average Bonchev–Trinajstić information content (AvgIpc) is 2.11. The van der Waals surface area contributed by atoms with Crippen molar-refractivity contribution in [3.63, 3.8) is 0 Å². The van der Waals surface area contributed by atoms with Gasteiger partial charge in [0.25, 0.3) is 0 Å². The first-order chi connectivity index (χ1) is 6.88. The van der Waals surface area contributed by atoms with Gasteiger partial charge < -0.3 is 5.32 Å². The lowest BCUT2D eigenvalue weighted by atomic mass is 9.78. The molecule has 0 amide bonds. The molecule has 0 heterocycles. The summed E-state index contributed by atoms with van der Waals surface area (Å²) in [7, 11) is 0. The Morgan fingerprint density at radius 2 is 2.29 bits per heavy atom. The van der Waals surface area contributed by atoms with E-state index in [1.54, 1.807) is 0 Å². The maximum Gasteiger partial charge on any atom is 0.00956 e. The highest BCUT2D eigenvalue weighted by Gasteiger charge is 2.25. The molecule has 1 nitrogen and oxygen atoms in total. The van der Waals surface area contributed by atoms with Crippen molar-refractivity contribution in [3.8, 4) is 12.3 Å². The fourth-order valence-electron chi connectivity index (χ4n) is 2.10. The molecule has 1 saturated carbocycles. The highest BCUT2D eigenvalue weighted by atomic mass is 14.9. The van der Waals surface area contributed by atoms with Crippen molar-refractivity contribution >= 4 is 0 Å². The van der Waals surface area contributed by atoms with E-state index < -0.39 is 0 Å². The van der Waals surface area contributed by atoms with Crippen LogP contribution in [0, 0.1) is 18.3 Å². The van der Waals surface area contributed by atoms with Crippen LogP contribution in [0.3, 0.4) is 0 Å². The topological polar surface area (TPSA) is 12.0 Å². The van der Waals surface area contributed by atoms with E-state index in [9.17, 15) is 0 Å². The zero-order chi connectivity index (χ0) is 10.2. The Kier molecular flexibility index (Phi) is 5.71. The van der Waals surface area contributed by atoms with Gasteiger partial charge in [0.15, 0.2) is 0 Å². The number of nitrogens with one attached hydrogen (secondary N) is 1. The van der Waals surface area contributed by atoms with Crippen LogP contribution in [0.2, 0.25) is 0 Å². The van der Waals surface area contributed by atoms with Gasteiger partial charge in [-0.2, -0.15) is 0 Å². The molecular formula is C13H23N. The summed E-state index contributed by atoms with van der Waals surface area (Å²) in [6.45, 7) is 3.39. The van der Waals surface area contributed by atoms with E-state index in [0.717, 1.165) is 24.9 Å². The molecular weight excluding hydrogens is 170 g/mol. The predicted molar refractivity (Wildman–Crippen MR) is 62.1 cm³/mol. The van der Waals surface area contributed by atoms with Gasteiger partial charge in [0.1, 0.15) is 0 Å². The molecule has 1 atom stereocenters. The van der Waals surface area contributed by atoms with Gasteiger partial charge in [-0.25, -0.2) is 0 Å². The maximum atomic E-state index is 5.27. The lowest BCUT2D eigenvalue weighted by molar-refractivity contribution is 0.217. The van der Waals surface area contributed by atoms with Gasteiger partial charge in [-0.05, 0) is 44.6 Å². The fourth-order valence-corrected chi connectivity index (χ4v) is 2.10. The number of rotatable bonds is 7. The third-order valence-corrected chi connectivity index (χ3v) is 3.21. The Balaban J connectivity index is 2.18. The van der Waals surface area contributed by atoms with Gasteiger partial charge in [-0.1, -0.05) is 13.3 Å². The van der Waals surface area contributed by atoms with E-state index in [1.807, 2.05) is 0 Å². The molecule has 0 saturated heterocycles. The molecule has 1 fully saturated rings. The molecule has 1 aliphatic carbocycles. The van der Waals surface area contributed by atoms with E-state index in [4.69, 9.17) is 6.42 Å². The van der Waals surface area contributed by atoms with Crippen LogP contribution in [0.1, 0.15) is 51.9 Å². The summed E-state index contributed by atoms with van der Waals surface area (Å²) in [4.78, 5) is 0. The van der Waals surface area contributed by atoms with Crippen molar-refractivity contribution in [2.45, 2.75) is 57.9 Å². The SMILES string of the molecule is C#CCCCC(NCCC)C1CCC1. The minimum absolute atomic E-state index is 0.747. The molecule has 0 radical (unpaired) electrons. The summed E-state index contributed by atoms with van der Waals surface area (Å²) in [6, 6.07) is 0.747. The second-order valence-corrected chi connectivity index (χ2v) is 4.35. The lowest BCUT2D eigenvalue weighted by Crippen LogP contribution is -2.39. The van der Waals surface area contributed by atoms with Crippen molar-refractivity contribution in [1.82, 2.24) is 5.32 Å². The van der Waals surface area contributed by atoms with E-state index in [-0.39, 0.29) is 0 Å². The number of terminal acetylenes is 1. The van der Waals surface area contributed by atoms with Gasteiger partial charge in [0, 0.05) is 12.5 Å². The summed E-state index contributed by atoms with van der Waals surface area (Å²) >= 11 is 0. The zero-order valence-corrected chi connectivity index (χ0v) is 9.39. The molecule has 1 aliphatic rings. The molecule has 0 bridgehead atoms. The second-order valence-electron chi connectivity index (χ2n) is 4.35. The first kappa shape index (κ1) is 11.6. The number of hydrogen-bond donors (Lipinski definition) is 1. The first-order valence-electron chi connectivity index (χ1n) is 6.05. The van der Waals surface area contributed by atoms with Crippen molar-refractivity contribution in [2.24, 2.45) is 5.92 Å². The third kappa shape index (κ3) is 3.72. The van der Waals surface area contributed by atoms with Gasteiger partial charge in [-0.3, -0.25) is 0 Å². The number of hydrogen-bond acceptors (Lipinski definition) is 1. The maximum absolute atomic E-state index is 5.27. The van der Waals surface area contributed by atoms with Crippen LogP contribution in [0.4, 0.5) is 0 Å². The molecule has 0 aromatic carbocycles. The van der Waals surface area contributed by atoms with Gasteiger partial charge in [-0.15, -0.1) is 12.3 Å². The van der Waals surface area contributed by atoms with Crippen LogP contribution in [0.5, 0.6) is 0 Å². The predicted octanol–water partition coefficient (Wildman–Crippen LogP) is 2.96. The van der Waals surface area contributed by atoms with Crippen LogP contribution in [0.15, 0.2) is 0 Å². The van der Waals surface area contributed by atoms with Crippen molar-refractivity contribution in [1.29, 1.82) is 0 Å². The molecule has 1 rings (SSSR count). The van der Waals surface area contributed by atoms with Crippen LogP contribution in [-0.4, -0.2) is 12.6 Å². The standard InChI is InChI=1S/C13H23N/c1-3-5-6-10-13(14-11-4-2)12-8-7-9-12/h1,12-14H,4-11H2,2H3.